The number of ether oxygens (including phenoxy) is 1. The van der Waals surface area contributed by atoms with Gasteiger partial charge in [0.15, 0.2) is 5.78 Å². The van der Waals surface area contributed by atoms with Crippen LogP contribution in [0.2, 0.25) is 0 Å². The first kappa shape index (κ1) is 9.59. The average molecular weight is 208 g/mol. The van der Waals surface area contributed by atoms with Gasteiger partial charge >= 0.3 is 0 Å². The fourth-order valence-corrected chi connectivity index (χ4v) is 2.74. The van der Waals surface area contributed by atoms with Gasteiger partial charge in [-0.05, 0) is 24.6 Å². The summed E-state index contributed by atoms with van der Waals surface area (Å²) in [4.78, 5) is 12.8. The van der Waals surface area contributed by atoms with Gasteiger partial charge in [0.05, 0.1) is 7.11 Å². The molecule has 14 heavy (non-hydrogen) atoms. The normalized spacial score (nSPS) is 15.1. The maximum atomic E-state index is 11.6. The predicted molar refractivity (Wildman–Crippen MR) is 57.4 cm³/mol. The third kappa shape index (κ3) is 1.52. The van der Waals surface area contributed by atoms with Crippen molar-refractivity contribution < 1.29 is 9.53 Å². The lowest BCUT2D eigenvalue weighted by molar-refractivity contribution is 0.0984. The zero-order valence-corrected chi connectivity index (χ0v) is 9.11. The zero-order valence-electron chi connectivity index (χ0n) is 8.29. The first-order valence-corrected chi connectivity index (χ1v) is 5.55. The van der Waals surface area contributed by atoms with Gasteiger partial charge in [0.1, 0.15) is 5.75 Å². The van der Waals surface area contributed by atoms with Crippen molar-refractivity contribution >= 4 is 17.5 Å². The number of hydrogen-bond acceptors (Lipinski definition) is 3. The highest BCUT2D eigenvalue weighted by molar-refractivity contribution is 7.99. The highest BCUT2D eigenvalue weighted by Crippen LogP contribution is 2.35. The number of fused-ring (bicyclic) bond motifs is 1. The standard InChI is InChI=1S/C11H12O2S/c1-7-5-8(13-2)6-9-10(12)3-4-14-11(7)9/h5-6H,3-4H2,1-2H3. The van der Waals surface area contributed by atoms with E-state index in [1.165, 1.54) is 0 Å². The molecule has 3 heteroatoms. The lowest BCUT2D eigenvalue weighted by Crippen LogP contribution is -2.09. The molecule has 0 radical (unpaired) electrons. The number of hydrogen-bond donors (Lipinski definition) is 0. The first-order valence-electron chi connectivity index (χ1n) is 4.57. The molecular formula is C11H12O2S. The Hall–Kier alpha value is -0.960. The Labute approximate surface area is 87.6 Å². The lowest BCUT2D eigenvalue weighted by Gasteiger charge is -2.17. The summed E-state index contributed by atoms with van der Waals surface area (Å²) < 4.78 is 5.15. The van der Waals surface area contributed by atoms with Crippen LogP contribution in [0.5, 0.6) is 5.75 Å². The van der Waals surface area contributed by atoms with E-state index in [9.17, 15) is 4.79 Å². The van der Waals surface area contributed by atoms with Gasteiger partial charge in [-0.25, -0.2) is 0 Å². The van der Waals surface area contributed by atoms with Crippen molar-refractivity contribution in [3.8, 4) is 5.75 Å². The van der Waals surface area contributed by atoms with Crippen LogP contribution in [0.1, 0.15) is 22.3 Å². The molecule has 0 amide bonds. The number of methoxy groups -OCH3 is 1. The Morgan fingerprint density at radius 3 is 2.93 bits per heavy atom. The zero-order chi connectivity index (χ0) is 10.1. The number of ketones is 1. The van der Waals surface area contributed by atoms with Gasteiger partial charge in [0, 0.05) is 22.6 Å². The molecule has 1 aromatic rings. The average Bonchev–Trinajstić information content (AvgIpc) is 2.19. The van der Waals surface area contributed by atoms with Crippen molar-refractivity contribution in [2.24, 2.45) is 0 Å². The number of rotatable bonds is 1. The molecule has 74 valence electrons. The van der Waals surface area contributed by atoms with E-state index < -0.39 is 0 Å². The predicted octanol–water partition coefficient (Wildman–Crippen LogP) is 2.68. The van der Waals surface area contributed by atoms with E-state index in [-0.39, 0.29) is 5.78 Å². The van der Waals surface area contributed by atoms with Crippen LogP contribution in [0.25, 0.3) is 0 Å². The number of carbonyl (C=O) groups is 1. The molecule has 2 nitrogen and oxygen atoms in total. The molecule has 0 unspecified atom stereocenters. The van der Waals surface area contributed by atoms with Crippen molar-refractivity contribution in [1.82, 2.24) is 0 Å². The Morgan fingerprint density at radius 1 is 1.43 bits per heavy atom. The molecule has 1 aliphatic heterocycles. The van der Waals surface area contributed by atoms with Crippen molar-refractivity contribution in [3.63, 3.8) is 0 Å². The number of benzene rings is 1. The Balaban J connectivity index is 2.57. The molecular weight excluding hydrogens is 196 g/mol. The molecule has 1 aliphatic rings. The number of aryl methyl sites for hydroxylation is 1. The molecule has 0 aromatic heterocycles. The van der Waals surface area contributed by atoms with Crippen LogP contribution in [0, 0.1) is 6.92 Å². The molecule has 0 aliphatic carbocycles. The van der Waals surface area contributed by atoms with Crippen molar-refractivity contribution in [1.29, 1.82) is 0 Å². The van der Waals surface area contributed by atoms with E-state index in [1.807, 2.05) is 19.1 Å². The van der Waals surface area contributed by atoms with E-state index >= 15 is 0 Å². The van der Waals surface area contributed by atoms with Crippen LogP contribution in [-0.2, 0) is 0 Å². The summed E-state index contributed by atoms with van der Waals surface area (Å²) in [5.41, 5.74) is 1.97. The summed E-state index contributed by atoms with van der Waals surface area (Å²) in [6.07, 6.45) is 0.643. The quantitative estimate of drug-likeness (QED) is 0.709. The smallest absolute Gasteiger partial charge is 0.164 e. The molecule has 0 spiro atoms. The van der Waals surface area contributed by atoms with E-state index in [2.05, 4.69) is 0 Å². The van der Waals surface area contributed by atoms with E-state index in [0.29, 0.717) is 6.42 Å². The monoisotopic (exact) mass is 208 g/mol. The van der Waals surface area contributed by atoms with E-state index in [4.69, 9.17) is 4.74 Å². The van der Waals surface area contributed by atoms with Crippen LogP contribution in [0.15, 0.2) is 17.0 Å². The van der Waals surface area contributed by atoms with Crippen LogP contribution in [0.4, 0.5) is 0 Å². The van der Waals surface area contributed by atoms with Crippen LogP contribution < -0.4 is 4.74 Å². The molecule has 0 fully saturated rings. The minimum atomic E-state index is 0.237. The molecule has 0 N–H and O–H groups in total. The third-order valence-corrected chi connectivity index (χ3v) is 3.60. The van der Waals surface area contributed by atoms with Crippen LogP contribution in [-0.4, -0.2) is 18.6 Å². The third-order valence-electron chi connectivity index (χ3n) is 2.36. The minimum Gasteiger partial charge on any atom is -0.497 e. The molecule has 1 heterocycles. The van der Waals surface area contributed by atoms with Crippen molar-refractivity contribution in [2.45, 2.75) is 18.2 Å². The minimum absolute atomic E-state index is 0.237. The summed E-state index contributed by atoms with van der Waals surface area (Å²) in [5, 5.41) is 0. The number of thioether (sulfide) groups is 1. The second-order valence-corrected chi connectivity index (χ2v) is 4.45. The highest BCUT2D eigenvalue weighted by atomic mass is 32.2. The summed E-state index contributed by atoms with van der Waals surface area (Å²) in [5.74, 6) is 1.91. The van der Waals surface area contributed by atoms with Gasteiger partial charge in [-0.1, -0.05) is 0 Å². The van der Waals surface area contributed by atoms with Crippen molar-refractivity contribution in [3.05, 3.63) is 23.3 Å². The van der Waals surface area contributed by atoms with Gasteiger partial charge in [0.2, 0.25) is 0 Å². The summed E-state index contributed by atoms with van der Waals surface area (Å²) >= 11 is 1.76. The number of Topliss-reactive ketones (excluding diaryl/α,β-unsaturated/α-hetero) is 1. The largest absolute Gasteiger partial charge is 0.497 e. The van der Waals surface area contributed by atoms with Gasteiger partial charge in [0.25, 0.3) is 0 Å². The van der Waals surface area contributed by atoms with E-state index in [1.54, 1.807) is 18.9 Å². The molecule has 0 saturated heterocycles. The fraction of sp³-hybridized carbons (Fsp3) is 0.364. The summed E-state index contributed by atoms with van der Waals surface area (Å²) in [6, 6.07) is 3.82. The first-order chi connectivity index (χ1) is 6.72. The van der Waals surface area contributed by atoms with Gasteiger partial charge < -0.3 is 4.74 Å². The second-order valence-electron chi connectivity index (χ2n) is 3.34. The Kier molecular flexibility index (Phi) is 2.50. The molecule has 0 bridgehead atoms. The maximum absolute atomic E-state index is 11.6. The molecule has 0 saturated carbocycles. The van der Waals surface area contributed by atoms with Crippen LogP contribution in [0.3, 0.4) is 0 Å². The Morgan fingerprint density at radius 2 is 2.21 bits per heavy atom. The van der Waals surface area contributed by atoms with Gasteiger partial charge in [-0.15, -0.1) is 11.8 Å². The maximum Gasteiger partial charge on any atom is 0.164 e. The molecule has 0 atom stereocenters. The Bertz CT molecular complexity index is 385. The van der Waals surface area contributed by atoms with Gasteiger partial charge in [-0.2, -0.15) is 0 Å². The topological polar surface area (TPSA) is 26.3 Å². The number of carbonyl (C=O) groups excluding carboxylic acids is 1. The summed E-state index contributed by atoms with van der Waals surface area (Å²) in [7, 11) is 1.63. The lowest BCUT2D eigenvalue weighted by atomic mass is 10.0. The molecule has 1 aromatic carbocycles. The van der Waals surface area contributed by atoms with Gasteiger partial charge in [-0.3, -0.25) is 4.79 Å². The molecule has 2 rings (SSSR count). The summed E-state index contributed by atoms with van der Waals surface area (Å²) in [6.45, 7) is 2.02. The van der Waals surface area contributed by atoms with Crippen molar-refractivity contribution in [2.75, 3.05) is 12.9 Å². The SMILES string of the molecule is COc1cc(C)c2c(c1)C(=O)CCS2. The highest BCUT2D eigenvalue weighted by Gasteiger charge is 2.20. The second kappa shape index (κ2) is 3.65. The fourth-order valence-electron chi connectivity index (χ4n) is 1.64. The van der Waals surface area contributed by atoms with E-state index in [0.717, 1.165) is 27.5 Å². The van der Waals surface area contributed by atoms with Crippen LogP contribution >= 0.6 is 11.8 Å².